The Morgan fingerprint density at radius 1 is 1.30 bits per heavy atom. The van der Waals surface area contributed by atoms with Gasteiger partial charge in [0, 0.05) is 24.1 Å². The van der Waals surface area contributed by atoms with E-state index in [1.165, 1.54) is 25.4 Å². The zero-order valence-corrected chi connectivity index (χ0v) is 17.2. The third kappa shape index (κ3) is 3.91. The second-order valence-electron chi connectivity index (χ2n) is 6.90. The van der Waals surface area contributed by atoms with E-state index < -0.39 is 28.8 Å². The van der Waals surface area contributed by atoms with Gasteiger partial charge in [-0.3, -0.25) is 4.79 Å². The molecule has 0 saturated heterocycles. The van der Waals surface area contributed by atoms with Crippen LogP contribution in [0.3, 0.4) is 0 Å². The van der Waals surface area contributed by atoms with Crippen LogP contribution in [0.25, 0.3) is 10.9 Å². The van der Waals surface area contributed by atoms with Crippen LogP contribution in [0.2, 0.25) is 5.02 Å². The third-order valence-corrected chi connectivity index (χ3v) is 5.44. The summed E-state index contributed by atoms with van der Waals surface area (Å²) >= 11 is 5.87. The number of fused-ring (bicyclic) bond motifs is 1. The van der Waals surface area contributed by atoms with Gasteiger partial charge in [-0.05, 0) is 29.7 Å². The number of hydrogen-bond acceptors (Lipinski definition) is 4. The lowest BCUT2D eigenvalue weighted by Gasteiger charge is -2.21. The van der Waals surface area contributed by atoms with E-state index in [1.54, 1.807) is 22.8 Å². The second kappa shape index (κ2) is 8.85. The van der Waals surface area contributed by atoms with E-state index in [0.717, 1.165) is 0 Å². The van der Waals surface area contributed by atoms with E-state index in [-0.39, 0.29) is 23.4 Å². The molecule has 0 spiro atoms. The highest BCUT2D eigenvalue weighted by Gasteiger charge is 2.21. The van der Waals surface area contributed by atoms with E-state index in [2.05, 4.69) is 0 Å². The number of aromatic nitrogens is 1. The molecule has 0 aliphatic heterocycles. The van der Waals surface area contributed by atoms with Crippen LogP contribution in [-0.4, -0.2) is 34.5 Å². The number of ether oxygens (including phenoxy) is 1. The predicted octanol–water partition coefficient (Wildman–Crippen LogP) is 4.04. The molecule has 2 aromatic carbocycles. The molecule has 3 rings (SSSR count). The number of pyridine rings is 1. The maximum Gasteiger partial charge on any atom is 0.341 e. The van der Waals surface area contributed by atoms with E-state index in [9.17, 15) is 24.2 Å². The van der Waals surface area contributed by atoms with Gasteiger partial charge in [-0.2, -0.15) is 0 Å². The van der Waals surface area contributed by atoms with Crippen molar-refractivity contribution in [2.45, 2.75) is 25.8 Å². The highest BCUT2D eigenvalue weighted by Crippen LogP contribution is 2.30. The summed E-state index contributed by atoms with van der Waals surface area (Å²) in [5.74, 6) is -1.52. The van der Waals surface area contributed by atoms with Gasteiger partial charge in [0.05, 0.1) is 30.3 Å². The van der Waals surface area contributed by atoms with E-state index in [1.807, 2.05) is 6.92 Å². The van der Waals surface area contributed by atoms with Crippen LogP contribution in [0, 0.1) is 5.82 Å². The standard InChI is InChI=1S/C22H21ClFNO5/c1-3-14(11-26)25-10-16(22(28)29)21(27)15-8-13(19(30-2)9-18(15)25)7-12-5-4-6-17(23)20(12)24/h4-6,8-10,14,26H,3,7,11H2,1-2H3,(H,28,29)/t14-/m1/s1. The largest absolute Gasteiger partial charge is 0.496 e. The Bertz CT molecular complexity index is 1170. The molecule has 6 nitrogen and oxygen atoms in total. The van der Waals surface area contributed by atoms with Crippen molar-refractivity contribution in [2.75, 3.05) is 13.7 Å². The number of benzene rings is 2. The van der Waals surface area contributed by atoms with Gasteiger partial charge in [0.15, 0.2) is 0 Å². The van der Waals surface area contributed by atoms with Gasteiger partial charge in [-0.25, -0.2) is 9.18 Å². The minimum Gasteiger partial charge on any atom is -0.496 e. The quantitative estimate of drug-likeness (QED) is 0.587. The van der Waals surface area contributed by atoms with Crippen molar-refractivity contribution in [3.05, 3.63) is 74.3 Å². The lowest BCUT2D eigenvalue weighted by Crippen LogP contribution is -2.22. The fraction of sp³-hybridized carbons (Fsp3) is 0.273. The van der Waals surface area contributed by atoms with Crippen molar-refractivity contribution in [3.63, 3.8) is 0 Å². The van der Waals surface area contributed by atoms with Crippen LogP contribution < -0.4 is 10.2 Å². The SMILES string of the molecule is CC[C@H](CO)n1cc(C(=O)O)c(=O)c2cc(Cc3cccc(Cl)c3F)c(OC)cc21. The summed E-state index contributed by atoms with van der Waals surface area (Å²) in [6.45, 7) is 1.62. The molecule has 1 heterocycles. The first-order valence-corrected chi connectivity index (χ1v) is 9.72. The monoisotopic (exact) mass is 433 g/mol. The van der Waals surface area contributed by atoms with Crippen molar-refractivity contribution < 1.29 is 24.1 Å². The third-order valence-electron chi connectivity index (χ3n) is 5.15. The zero-order chi connectivity index (χ0) is 22.0. The summed E-state index contributed by atoms with van der Waals surface area (Å²) in [5, 5.41) is 19.4. The van der Waals surface area contributed by atoms with Gasteiger partial charge in [0.2, 0.25) is 5.43 Å². The summed E-state index contributed by atoms with van der Waals surface area (Å²) in [7, 11) is 1.45. The number of aromatic carboxylic acids is 1. The smallest absolute Gasteiger partial charge is 0.341 e. The van der Waals surface area contributed by atoms with E-state index in [4.69, 9.17) is 16.3 Å². The Labute approximate surface area is 177 Å². The summed E-state index contributed by atoms with van der Waals surface area (Å²) < 4.78 is 21.4. The van der Waals surface area contributed by atoms with Crippen molar-refractivity contribution >= 4 is 28.5 Å². The van der Waals surface area contributed by atoms with Gasteiger partial charge in [0.25, 0.3) is 0 Å². The van der Waals surface area contributed by atoms with Crippen LogP contribution in [-0.2, 0) is 6.42 Å². The highest BCUT2D eigenvalue weighted by atomic mass is 35.5. The fourth-order valence-corrected chi connectivity index (χ4v) is 3.70. The Kier molecular flexibility index (Phi) is 6.43. The number of carboxylic acid groups (broad SMARTS) is 1. The first-order valence-electron chi connectivity index (χ1n) is 9.35. The molecule has 0 aliphatic rings. The summed E-state index contributed by atoms with van der Waals surface area (Å²) in [5.41, 5.74) is 0.195. The number of hydrogen-bond donors (Lipinski definition) is 2. The number of aliphatic hydroxyl groups is 1. The molecule has 3 aromatic rings. The normalized spacial score (nSPS) is 12.2. The van der Waals surface area contributed by atoms with Gasteiger partial charge in [0.1, 0.15) is 17.1 Å². The molecule has 1 aromatic heterocycles. The molecule has 0 radical (unpaired) electrons. The molecule has 0 unspecified atom stereocenters. The summed E-state index contributed by atoms with van der Waals surface area (Å²) in [6.07, 6.45) is 1.86. The Morgan fingerprint density at radius 3 is 2.63 bits per heavy atom. The number of carbonyl (C=O) groups is 1. The second-order valence-corrected chi connectivity index (χ2v) is 7.31. The molecule has 8 heteroatoms. The average Bonchev–Trinajstić information content (AvgIpc) is 2.73. The molecule has 0 amide bonds. The first-order chi connectivity index (χ1) is 14.3. The van der Waals surface area contributed by atoms with Crippen LogP contribution in [0.5, 0.6) is 5.75 Å². The number of nitrogens with zero attached hydrogens (tertiary/aromatic N) is 1. The minimum atomic E-state index is -1.36. The van der Waals surface area contributed by atoms with Gasteiger partial charge in [-0.15, -0.1) is 0 Å². The summed E-state index contributed by atoms with van der Waals surface area (Å²) in [6, 6.07) is 7.34. The molecule has 0 saturated carbocycles. The van der Waals surface area contributed by atoms with E-state index in [0.29, 0.717) is 28.8 Å². The fourth-order valence-electron chi connectivity index (χ4n) is 3.51. The molecule has 0 bridgehead atoms. The van der Waals surface area contributed by atoms with Gasteiger partial charge >= 0.3 is 5.97 Å². The van der Waals surface area contributed by atoms with Crippen molar-refractivity contribution in [2.24, 2.45) is 0 Å². The van der Waals surface area contributed by atoms with Crippen LogP contribution in [0.15, 0.2) is 41.3 Å². The lowest BCUT2D eigenvalue weighted by atomic mass is 9.99. The predicted molar refractivity (Wildman–Crippen MR) is 112 cm³/mol. The Morgan fingerprint density at radius 2 is 2.03 bits per heavy atom. The number of methoxy groups -OCH3 is 1. The number of carboxylic acids is 1. The maximum atomic E-state index is 14.4. The highest BCUT2D eigenvalue weighted by molar-refractivity contribution is 6.30. The van der Waals surface area contributed by atoms with Crippen LogP contribution in [0.1, 0.15) is 40.9 Å². The van der Waals surface area contributed by atoms with Gasteiger partial charge in [-0.1, -0.05) is 30.7 Å². The molecular formula is C22H21ClFNO5. The van der Waals surface area contributed by atoms with E-state index >= 15 is 0 Å². The van der Waals surface area contributed by atoms with Crippen molar-refractivity contribution in [1.82, 2.24) is 4.57 Å². The number of halogens is 2. The molecule has 30 heavy (non-hydrogen) atoms. The number of rotatable bonds is 7. The molecule has 2 N–H and O–H groups in total. The molecule has 158 valence electrons. The lowest BCUT2D eigenvalue weighted by molar-refractivity contribution is 0.0694. The minimum absolute atomic E-state index is 0.0171. The van der Waals surface area contributed by atoms with Crippen LogP contribution >= 0.6 is 11.6 Å². The first kappa shape index (κ1) is 21.8. The van der Waals surface area contributed by atoms with Crippen molar-refractivity contribution in [3.8, 4) is 5.75 Å². The Balaban J connectivity index is 2.31. The molecule has 0 fully saturated rings. The Hall–Kier alpha value is -2.90. The molecule has 0 aliphatic carbocycles. The average molecular weight is 434 g/mol. The topological polar surface area (TPSA) is 88.8 Å². The molecular weight excluding hydrogens is 413 g/mol. The van der Waals surface area contributed by atoms with Gasteiger partial charge < -0.3 is 19.5 Å². The summed E-state index contributed by atoms with van der Waals surface area (Å²) in [4.78, 5) is 24.5. The van der Waals surface area contributed by atoms with Crippen molar-refractivity contribution in [1.29, 1.82) is 0 Å². The van der Waals surface area contributed by atoms with Crippen LogP contribution in [0.4, 0.5) is 4.39 Å². The zero-order valence-electron chi connectivity index (χ0n) is 16.5. The number of aliphatic hydroxyl groups excluding tert-OH is 1. The molecule has 1 atom stereocenters. The maximum absolute atomic E-state index is 14.4.